The molecule has 0 aliphatic carbocycles. The quantitative estimate of drug-likeness (QED) is 0.726. The SMILES string of the molecule is Cc1ccc(S)cc1C(=O)N1CCNC(=O)C1. The van der Waals surface area contributed by atoms with Crippen LogP contribution >= 0.6 is 12.6 Å². The molecule has 1 aliphatic heterocycles. The molecule has 2 rings (SSSR count). The van der Waals surface area contributed by atoms with Crippen molar-refractivity contribution in [2.75, 3.05) is 19.6 Å². The summed E-state index contributed by atoms with van der Waals surface area (Å²) in [4.78, 5) is 25.8. The molecule has 1 aliphatic rings. The van der Waals surface area contributed by atoms with E-state index in [0.29, 0.717) is 18.7 Å². The second-order valence-electron chi connectivity index (χ2n) is 4.08. The number of thiol groups is 1. The minimum atomic E-state index is -0.107. The number of piperazine rings is 1. The molecule has 0 aromatic heterocycles. The van der Waals surface area contributed by atoms with Crippen molar-refractivity contribution in [2.45, 2.75) is 11.8 Å². The molecule has 0 bridgehead atoms. The van der Waals surface area contributed by atoms with Gasteiger partial charge in [-0.05, 0) is 24.6 Å². The second-order valence-corrected chi connectivity index (χ2v) is 4.59. The van der Waals surface area contributed by atoms with Crippen molar-refractivity contribution in [3.63, 3.8) is 0 Å². The lowest BCUT2D eigenvalue weighted by Gasteiger charge is -2.27. The molecule has 0 saturated carbocycles. The van der Waals surface area contributed by atoms with Gasteiger partial charge in [0.1, 0.15) is 0 Å². The average Bonchev–Trinajstić information content (AvgIpc) is 2.31. The first-order valence-electron chi connectivity index (χ1n) is 5.43. The summed E-state index contributed by atoms with van der Waals surface area (Å²) in [5.74, 6) is -0.211. The van der Waals surface area contributed by atoms with Crippen molar-refractivity contribution in [3.8, 4) is 0 Å². The number of aryl methyl sites for hydroxylation is 1. The number of carbonyl (C=O) groups is 2. The van der Waals surface area contributed by atoms with Crippen molar-refractivity contribution in [1.82, 2.24) is 10.2 Å². The number of rotatable bonds is 1. The fraction of sp³-hybridized carbons (Fsp3) is 0.333. The predicted molar refractivity (Wildman–Crippen MR) is 67.3 cm³/mol. The van der Waals surface area contributed by atoms with Gasteiger partial charge in [0.2, 0.25) is 5.91 Å². The number of nitrogens with zero attached hydrogens (tertiary/aromatic N) is 1. The predicted octanol–water partition coefficient (Wildman–Crippen LogP) is 0.856. The number of hydrogen-bond acceptors (Lipinski definition) is 3. The van der Waals surface area contributed by atoms with Gasteiger partial charge < -0.3 is 10.2 Å². The second kappa shape index (κ2) is 4.79. The average molecular weight is 250 g/mol. The molecule has 1 N–H and O–H groups in total. The first-order chi connectivity index (χ1) is 8.08. The van der Waals surface area contributed by atoms with E-state index in [1.54, 1.807) is 11.0 Å². The molecule has 0 spiro atoms. The summed E-state index contributed by atoms with van der Waals surface area (Å²) in [6.45, 7) is 3.09. The van der Waals surface area contributed by atoms with Crippen LogP contribution in [0.4, 0.5) is 0 Å². The van der Waals surface area contributed by atoms with E-state index in [0.717, 1.165) is 10.5 Å². The highest BCUT2D eigenvalue weighted by atomic mass is 32.1. The van der Waals surface area contributed by atoms with Crippen LogP contribution in [-0.4, -0.2) is 36.3 Å². The number of carbonyl (C=O) groups excluding carboxylic acids is 2. The largest absolute Gasteiger partial charge is 0.353 e. The Labute approximate surface area is 105 Å². The maximum absolute atomic E-state index is 12.2. The summed E-state index contributed by atoms with van der Waals surface area (Å²) >= 11 is 4.23. The Kier molecular flexibility index (Phi) is 3.38. The number of benzene rings is 1. The van der Waals surface area contributed by atoms with Crippen LogP contribution in [0.3, 0.4) is 0 Å². The third kappa shape index (κ3) is 2.61. The Morgan fingerprint density at radius 3 is 2.94 bits per heavy atom. The number of nitrogens with one attached hydrogen (secondary N) is 1. The number of hydrogen-bond donors (Lipinski definition) is 2. The van der Waals surface area contributed by atoms with E-state index in [1.165, 1.54) is 0 Å². The lowest BCUT2D eigenvalue weighted by atomic mass is 10.1. The van der Waals surface area contributed by atoms with Crippen LogP contribution in [0.2, 0.25) is 0 Å². The van der Waals surface area contributed by atoms with E-state index in [4.69, 9.17) is 0 Å². The van der Waals surface area contributed by atoms with Crippen LogP contribution in [0.25, 0.3) is 0 Å². The fourth-order valence-corrected chi connectivity index (χ4v) is 2.03. The highest BCUT2D eigenvalue weighted by Gasteiger charge is 2.23. The summed E-state index contributed by atoms with van der Waals surface area (Å²) in [5.41, 5.74) is 1.52. The summed E-state index contributed by atoms with van der Waals surface area (Å²) in [5, 5.41) is 2.70. The van der Waals surface area contributed by atoms with E-state index in [2.05, 4.69) is 17.9 Å². The minimum Gasteiger partial charge on any atom is -0.353 e. The van der Waals surface area contributed by atoms with Gasteiger partial charge in [-0.1, -0.05) is 6.07 Å². The van der Waals surface area contributed by atoms with Gasteiger partial charge in [0.15, 0.2) is 0 Å². The van der Waals surface area contributed by atoms with Crippen LogP contribution in [0, 0.1) is 6.92 Å². The molecule has 4 nitrogen and oxygen atoms in total. The summed E-state index contributed by atoms with van der Waals surface area (Å²) in [6, 6.07) is 5.45. The van der Waals surface area contributed by atoms with Crippen LogP contribution in [0.1, 0.15) is 15.9 Å². The van der Waals surface area contributed by atoms with Crippen LogP contribution < -0.4 is 5.32 Å². The van der Waals surface area contributed by atoms with Gasteiger partial charge >= 0.3 is 0 Å². The van der Waals surface area contributed by atoms with Gasteiger partial charge in [-0.15, -0.1) is 12.6 Å². The van der Waals surface area contributed by atoms with Gasteiger partial charge in [-0.3, -0.25) is 9.59 Å². The van der Waals surface area contributed by atoms with E-state index in [9.17, 15) is 9.59 Å². The molecule has 17 heavy (non-hydrogen) atoms. The summed E-state index contributed by atoms with van der Waals surface area (Å²) in [7, 11) is 0. The molecule has 1 aromatic carbocycles. The smallest absolute Gasteiger partial charge is 0.254 e. The number of amides is 2. The van der Waals surface area contributed by atoms with Gasteiger partial charge in [0.05, 0.1) is 6.54 Å². The normalized spacial score (nSPS) is 15.6. The van der Waals surface area contributed by atoms with Crippen LogP contribution in [0.15, 0.2) is 23.1 Å². The highest BCUT2D eigenvalue weighted by molar-refractivity contribution is 7.80. The third-order valence-electron chi connectivity index (χ3n) is 2.78. The molecular formula is C12H14N2O2S. The van der Waals surface area contributed by atoms with E-state index in [-0.39, 0.29) is 18.4 Å². The van der Waals surface area contributed by atoms with Gasteiger partial charge in [-0.25, -0.2) is 0 Å². The van der Waals surface area contributed by atoms with Gasteiger partial charge in [-0.2, -0.15) is 0 Å². The molecule has 1 saturated heterocycles. The first-order valence-corrected chi connectivity index (χ1v) is 5.88. The zero-order valence-corrected chi connectivity index (χ0v) is 10.5. The van der Waals surface area contributed by atoms with E-state index >= 15 is 0 Å². The molecule has 0 atom stereocenters. The Morgan fingerprint density at radius 2 is 2.24 bits per heavy atom. The minimum absolute atomic E-state index is 0.103. The topological polar surface area (TPSA) is 49.4 Å². The van der Waals surface area contributed by atoms with E-state index in [1.807, 2.05) is 19.1 Å². The third-order valence-corrected chi connectivity index (χ3v) is 3.06. The molecule has 90 valence electrons. The molecule has 0 radical (unpaired) electrons. The molecule has 1 aromatic rings. The van der Waals surface area contributed by atoms with Crippen LogP contribution in [0.5, 0.6) is 0 Å². The summed E-state index contributed by atoms with van der Waals surface area (Å²) < 4.78 is 0. The lowest BCUT2D eigenvalue weighted by Crippen LogP contribution is -2.50. The van der Waals surface area contributed by atoms with Crippen LogP contribution in [-0.2, 0) is 4.79 Å². The molecular weight excluding hydrogens is 236 g/mol. The standard InChI is InChI=1S/C12H14N2O2S/c1-8-2-3-9(17)6-10(8)12(16)14-5-4-13-11(15)7-14/h2-3,6,17H,4-5,7H2,1H3,(H,13,15). The lowest BCUT2D eigenvalue weighted by molar-refractivity contribution is -0.123. The van der Waals surface area contributed by atoms with Crippen molar-refractivity contribution in [2.24, 2.45) is 0 Å². The fourth-order valence-electron chi connectivity index (χ4n) is 1.82. The highest BCUT2D eigenvalue weighted by Crippen LogP contribution is 2.16. The van der Waals surface area contributed by atoms with Crippen molar-refractivity contribution in [1.29, 1.82) is 0 Å². The maximum atomic E-state index is 12.2. The van der Waals surface area contributed by atoms with Crippen molar-refractivity contribution < 1.29 is 9.59 Å². The maximum Gasteiger partial charge on any atom is 0.254 e. The zero-order chi connectivity index (χ0) is 12.4. The molecule has 1 fully saturated rings. The zero-order valence-electron chi connectivity index (χ0n) is 9.56. The Morgan fingerprint density at radius 1 is 1.47 bits per heavy atom. The molecule has 5 heteroatoms. The first kappa shape index (κ1) is 12.0. The van der Waals surface area contributed by atoms with E-state index < -0.39 is 0 Å². The van der Waals surface area contributed by atoms with Crippen molar-refractivity contribution in [3.05, 3.63) is 29.3 Å². The Bertz CT molecular complexity index is 474. The summed E-state index contributed by atoms with van der Waals surface area (Å²) in [6.07, 6.45) is 0. The Hall–Kier alpha value is -1.49. The monoisotopic (exact) mass is 250 g/mol. The van der Waals surface area contributed by atoms with Gasteiger partial charge in [0.25, 0.3) is 5.91 Å². The van der Waals surface area contributed by atoms with Crippen molar-refractivity contribution >= 4 is 24.4 Å². The Balaban J connectivity index is 2.24. The molecule has 2 amide bonds. The molecule has 0 unspecified atom stereocenters. The molecule has 1 heterocycles. The van der Waals surface area contributed by atoms with Gasteiger partial charge in [0, 0.05) is 23.5 Å².